The maximum atomic E-state index is 9.34. The zero-order valence-corrected chi connectivity index (χ0v) is 9.73. The van der Waals surface area contributed by atoms with Crippen LogP contribution in [0.5, 0.6) is 0 Å². The first-order valence-corrected chi connectivity index (χ1v) is 6.21. The Labute approximate surface area is 93.0 Å². The Bertz CT molecular complexity index is 187. The molecule has 0 aromatic heterocycles. The smallest absolute Gasteiger partial charge is 0.0546 e. The van der Waals surface area contributed by atoms with E-state index in [1.807, 2.05) is 6.92 Å². The first-order chi connectivity index (χ1) is 7.18. The molecule has 1 aliphatic rings. The van der Waals surface area contributed by atoms with Crippen LogP contribution in [0, 0.1) is 5.92 Å². The molecule has 0 heterocycles. The van der Waals surface area contributed by atoms with Gasteiger partial charge in [0.2, 0.25) is 0 Å². The lowest BCUT2D eigenvalue weighted by Crippen LogP contribution is -1.98. The van der Waals surface area contributed by atoms with Crippen molar-refractivity contribution in [3.63, 3.8) is 0 Å². The van der Waals surface area contributed by atoms with Crippen LogP contribution in [0.2, 0.25) is 0 Å². The van der Waals surface area contributed by atoms with Crippen LogP contribution in [0.3, 0.4) is 0 Å². The standard InChI is InChI=1S/C13H24O2/c1-11(14)6-4-2-3-5-7-12-8-9-13(15)10-12/h5,7,11-15H,2-4,6,8-10H2,1H3/b7-5+/t11-,12+,13-/m1/s1. The van der Waals surface area contributed by atoms with Crippen molar-refractivity contribution in [3.8, 4) is 0 Å². The summed E-state index contributed by atoms with van der Waals surface area (Å²) in [4.78, 5) is 0. The lowest BCUT2D eigenvalue weighted by Gasteiger charge is -2.03. The Hall–Kier alpha value is -0.340. The summed E-state index contributed by atoms with van der Waals surface area (Å²) >= 11 is 0. The minimum atomic E-state index is -0.154. The fourth-order valence-corrected chi connectivity index (χ4v) is 2.16. The molecule has 0 aromatic rings. The molecule has 15 heavy (non-hydrogen) atoms. The van der Waals surface area contributed by atoms with Crippen molar-refractivity contribution >= 4 is 0 Å². The van der Waals surface area contributed by atoms with Gasteiger partial charge in [0.05, 0.1) is 12.2 Å². The topological polar surface area (TPSA) is 40.5 Å². The van der Waals surface area contributed by atoms with Crippen LogP contribution >= 0.6 is 0 Å². The van der Waals surface area contributed by atoms with Crippen molar-refractivity contribution in [1.82, 2.24) is 0 Å². The van der Waals surface area contributed by atoms with E-state index >= 15 is 0 Å². The van der Waals surface area contributed by atoms with Gasteiger partial charge in [-0.05, 0) is 51.4 Å². The van der Waals surface area contributed by atoms with Crippen LogP contribution in [-0.4, -0.2) is 22.4 Å². The van der Waals surface area contributed by atoms with Crippen LogP contribution < -0.4 is 0 Å². The summed E-state index contributed by atoms with van der Waals surface area (Å²) in [5, 5.41) is 18.4. The number of hydrogen-bond donors (Lipinski definition) is 2. The van der Waals surface area contributed by atoms with Gasteiger partial charge in [-0.3, -0.25) is 0 Å². The lowest BCUT2D eigenvalue weighted by atomic mass is 10.1. The zero-order valence-electron chi connectivity index (χ0n) is 9.73. The quantitative estimate of drug-likeness (QED) is 0.525. The molecule has 2 nitrogen and oxygen atoms in total. The number of aliphatic hydroxyl groups excluding tert-OH is 2. The van der Waals surface area contributed by atoms with Gasteiger partial charge in [0, 0.05) is 0 Å². The van der Waals surface area contributed by atoms with E-state index in [9.17, 15) is 5.11 Å². The summed E-state index contributed by atoms with van der Waals surface area (Å²) in [5.74, 6) is 0.608. The highest BCUT2D eigenvalue weighted by atomic mass is 16.3. The number of aliphatic hydroxyl groups is 2. The van der Waals surface area contributed by atoms with Gasteiger partial charge >= 0.3 is 0 Å². The Morgan fingerprint density at radius 3 is 2.73 bits per heavy atom. The summed E-state index contributed by atoms with van der Waals surface area (Å²) in [6.07, 6.45) is 11.6. The normalized spacial score (nSPS) is 28.7. The molecule has 2 heteroatoms. The van der Waals surface area contributed by atoms with Gasteiger partial charge < -0.3 is 10.2 Å². The predicted octanol–water partition coefficient (Wildman–Crippen LogP) is 2.64. The Morgan fingerprint density at radius 2 is 2.13 bits per heavy atom. The molecule has 1 fully saturated rings. The van der Waals surface area contributed by atoms with Crippen molar-refractivity contribution in [2.24, 2.45) is 5.92 Å². The molecule has 0 saturated heterocycles. The largest absolute Gasteiger partial charge is 0.393 e. The van der Waals surface area contributed by atoms with Gasteiger partial charge in [0.25, 0.3) is 0 Å². The predicted molar refractivity (Wildman–Crippen MR) is 62.6 cm³/mol. The first kappa shape index (κ1) is 12.7. The molecule has 1 rings (SSSR count). The average Bonchev–Trinajstić information content (AvgIpc) is 2.57. The lowest BCUT2D eigenvalue weighted by molar-refractivity contribution is 0.179. The molecule has 1 aliphatic carbocycles. The third kappa shape index (κ3) is 5.95. The molecule has 0 bridgehead atoms. The summed E-state index contributed by atoms with van der Waals surface area (Å²) in [7, 11) is 0. The molecule has 1 saturated carbocycles. The molecule has 3 atom stereocenters. The van der Waals surface area contributed by atoms with Crippen molar-refractivity contribution in [1.29, 1.82) is 0 Å². The van der Waals surface area contributed by atoms with Crippen molar-refractivity contribution in [3.05, 3.63) is 12.2 Å². The van der Waals surface area contributed by atoms with Crippen molar-refractivity contribution in [2.75, 3.05) is 0 Å². The van der Waals surface area contributed by atoms with E-state index in [2.05, 4.69) is 12.2 Å². The van der Waals surface area contributed by atoms with Crippen LogP contribution in [0.4, 0.5) is 0 Å². The second-order valence-corrected chi connectivity index (χ2v) is 4.79. The Kier molecular flexibility index (Phi) is 5.96. The van der Waals surface area contributed by atoms with Gasteiger partial charge in [-0.15, -0.1) is 0 Å². The maximum Gasteiger partial charge on any atom is 0.0546 e. The van der Waals surface area contributed by atoms with Crippen LogP contribution in [0.1, 0.15) is 51.9 Å². The highest BCUT2D eigenvalue weighted by Gasteiger charge is 2.19. The molecule has 0 aliphatic heterocycles. The van der Waals surface area contributed by atoms with Crippen LogP contribution in [-0.2, 0) is 0 Å². The zero-order chi connectivity index (χ0) is 11.1. The van der Waals surface area contributed by atoms with Crippen LogP contribution in [0.15, 0.2) is 12.2 Å². The number of rotatable bonds is 6. The van der Waals surface area contributed by atoms with E-state index in [4.69, 9.17) is 5.11 Å². The number of hydrogen-bond acceptors (Lipinski definition) is 2. The number of allylic oxidation sites excluding steroid dienone is 2. The van der Waals surface area contributed by atoms with E-state index in [1.54, 1.807) is 0 Å². The van der Waals surface area contributed by atoms with E-state index in [-0.39, 0.29) is 12.2 Å². The third-order valence-electron chi connectivity index (χ3n) is 3.10. The molecule has 0 aromatic carbocycles. The summed E-state index contributed by atoms with van der Waals surface area (Å²) in [6, 6.07) is 0. The molecule has 88 valence electrons. The Morgan fingerprint density at radius 1 is 1.33 bits per heavy atom. The third-order valence-corrected chi connectivity index (χ3v) is 3.10. The van der Waals surface area contributed by atoms with E-state index in [0.717, 1.165) is 44.9 Å². The SMILES string of the molecule is C[C@@H](O)CCCC/C=C/[C@H]1CC[C@@H](O)C1. The second kappa shape index (κ2) is 7.02. The summed E-state index contributed by atoms with van der Waals surface area (Å²) in [5.41, 5.74) is 0. The molecular weight excluding hydrogens is 188 g/mol. The molecule has 0 amide bonds. The van der Waals surface area contributed by atoms with Crippen molar-refractivity contribution in [2.45, 2.75) is 64.1 Å². The fourth-order valence-electron chi connectivity index (χ4n) is 2.16. The molecular formula is C13H24O2. The van der Waals surface area contributed by atoms with E-state index < -0.39 is 0 Å². The number of unbranched alkanes of at least 4 members (excludes halogenated alkanes) is 2. The van der Waals surface area contributed by atoms with Gasteiger partial charge in [0.15, 0.2) is 0 Å². The van der Waals surface area contributed by atoms with Crippen molar-refractivity contribution < 1.29 is 10.2 Å². The van der Waals surface area contributed by atoms with Gasteiger partial charge in [-0.25, -0.2) is 0 Å². The first-order valence-electron chi connectivity index (χ1n) is 6.21. The maximum absolute atomic E-state index is 9.34. The Balaban J connectivity index is 1.97. The molecule has 0 unspecified atom stereocenters. The highest BCUT2D eigenvalue weighted by Crippen LogP contribution is 2.26. The van der Waals surface area contributed by atoms with Gasteiger partial charge in [-0.2, -0.15) is 0 Å². The van der Waals surface area contributed by atoms with E-state index in [1.165, 1.54) is 0 Å². The highest BCUT2D eigenvalue weighted by molar-refractivity contribution is 4.92. The molecule has 2 N–H and O–H groups in total. The molecule has 0 radical (unpaired) electrons. The summed E-state index contributed by atoms with van der Waals surface area (Å²) < 4.78 is 0. The monoisotopic (exact) mass is 212 g/mol. The average molecular weight is 212 g/mol. The molecule has 0 spiro atoms. The minimum Gasteiger partial charge on any atom is -0.393 e. The van der Waals surface area contributed by atoms with Crippen LogP contribution in [0.25, 0.3) is 0 Å². The minimum absolute atomic E-state index is 0.0603. The second-order valence-electron chi connectivity index (χ2n) is 4.79. The van der Waals surface area contributed by atoms with Gasteiger partial charge in [0.1, 0.15) is 0 Å². The fraction of sp³-hybridized carbons (Fsp3) is 0.846. The summed E-state index contributed by atoms with van der Waals surface area (Å²) in [6.45, 7) is 1.84. The van der Waals surface area contributed by atoms with E-state index in [0.29, 0.717) is 5.92 Å². The van der Waals surface area contributed by atoms with Gasteiger partial charge in [-0.1, -0.05) is 18.6 Å².